The van der Waals surface area contributed by atoms with Crippen molar-refractivity contribution in [2.45, 2.75) is 25.9 Å². The molecule has 1 atom stereocenters. The molecule has 2 rings (SSSR count). The number of benzene rings is 1. The van der Waals surface area contributed by atoms with Crippen LogP contribution in [0.5, 0.6) is 0 Å². The molecule has 5 nitrogen and oxygen atoms in total. The first kappa shape index (κ1) is 14.5. The van der Waals surface area contributed by atoms with Crippen LogP contribution in [0.3, 0.4) is 0 Å². The van der Waals surface area contributed by atoms with E-state index < -0.39 is 6.04 Å². The van der Waals surface area contributed by atoms with Gasteiger partial charge in [-0.2, -0.15) is 0 Å². The number of cyclic esters (lactones) is 1. The molecule has 1 N–H and O–H groups in total. The lowest BCUT2D eigenvalue weighted by Crippen LogP contribution is -2.50. The number of esters is 1. The summed E-state index contributed by atoms with van der Waals surface area (Å²) < 4.78 is 5.03. The minimum Gasteiger partial charge on any atom is -0.463 e. The highest BCUT2D eigenvalue weighted by Crippen LogP contribution is 2.11. The van der Waals surface area contributed by atoms with E-state index in [-0.39, 0.29) is 18.3 Å². The molecule has 1 amide bonds. The summed E-state index contributed by atoms with van der Waals surface area (Å²) >= 11 is 0. The molecule has 0 aromatic heterocycles. The van der Waals surface area contributed by atoms with Crippen LogP contribution >= 0.6 is 0 Å². The summed E-state index contributed by atoms with van der Waals surface area (Å²) in [7, 11) is 0. The normalized spacial score (nSPS) is 19.4. The van der Waals surface area contributed by atoms with Crippen LogP contribution < -0.4 is 5.32 Å². The minimum absolute atomic E-state index is 0.129. The highest BCUT2D eigenvalue weighted by molar-refractivity contribution is 5.85. The number of likely N-dealkylation sites (N-methyl/N-ethyl adjacent to an activating group) is 1. The maximum Gasteiger partial charge on any atom is 0.323 e. The Bertz CT molecular complexity index is 461. The largest absolute Gasteiger partial charge is 0.463 e. The molecule has 1 aliphatic heterocycles. The van der Waals surface area contributed by atoms with Gasteiger partial charge in [-0.3, -0.25) is 14.5 Å². The molecule has 0 radical (unpaired) electrons. The van der Waals surface area contributed by atoms with E-state index in [9.17, 15) is 9.59 Å². The van der Waals surface area contributed by atoms with Crippen molar-refractivity contribution in [2.75, 3.05) is 19.7 Å². The molecule has 1 saturated heterocycles. The van der Waals surface area contributed by atoms with Crippen LogP contribution in [0.2, 0.25) is 0 Å². The summed E-state index contributed by atoms with van der Waals surface area (Å²) in [6.07, 6.45) is 0.152. The Labute approximate surface area is 118 Å². The van der Waals surface area contributed by atoms with E-state index in [4.69, 9.17) is 4.74 Å². The van der Waals surface area contributed by atoms with E-state index in [0.717, 1.165) is 12.1 Å². The van der Waals surface area contributed by atoms with Crippen molar-refractivity contribution >= 4 is 11.9 Å². The van der Waals surface area contributed by atoms with Gasteiger partial charge in [0, 0.05) is 13.1 Å². The number of nitrogens with one attached hydrogen (secondary N) is 1. The zero-order valence-electron chi connectivity index (χ0n) is 11.7. The molecule has 5 heteroatoms. The van der Waals surface area contributed by atoms with Gasteiger partial charge in [0.05, 0.1) is 6.42 Å². The van der Waals surface area contributed by atoms with Crippen molar-refractivity contribution in [3.63, 3.8) is 0 Å². The lowest BCUT2D eigenvalue weighted by atomic mass is 10.1. The number of carbonyl (C=O) groups is 2. The van der Waals surface area contributed by atoms with Crippen molar-refractivity contribution < 1.29 is 14.3 Å². The monoisotopic (exact) mass is 276 g/mol. The van der Waals surface area contributed by atoms with Gasteiger partial charge in [0.1, 0.15) is 12.6 Å². The molecular weight excluding hydrogens is 256 g/mol. The maximum absolute atomic E-state index is 11.9. The average Bonchev–Trinajstić information content (AvgIpc) is 2.48. The van der Waals surface area contributed by atoms with Crippen LogP contribution in [0.15, 0.2) is 30.3 Å². The van der Waals surface area contributed by atoms with Gasteiger partial charge < -0.3 is 10.1 Å². The van der Waals surface area contributed by atoms with Gasteiger partial charge in [-0.05, 0) is 12.1 Å². The molecule has 0 saturated carbocycles. The molecular formula is C15H20N2O3. The Balaban J connectivity index is 1.85. The molecule has 1 aromatic carbocycles. The molecule has 20 heavy (non-hydrogen) atoms. The number of carbonyl (C=O) groups excluding carboxylic acids is 2. The van der Waals surface area contributed by atoms with Gasteiger partial charge in [-0.1, -0.05) is 37.3 Å². The predicted octanol–water partition coefficient (Wildman–Crippen LogP) is 0.940. The summed E-state index contributed by atoms with van der Waals surface area (Å²) in [6.45, 7) is 4.31. The van der Waals surface area contributed by atoms with Gasteiger partial charge in [-0.25, -0.2) is 0 Å². The number of ether oxygens (including phenoxy) is 1. The molecule has 1 fully saturated rings. The summed E-state index contributed by atoms with van der Waals surface area (Å²) in [5.41, 5.74) is 1.04. The van der Waals surface area contributed by atoms with Crippen LogP contribution in [-0.2, 0) is 20.9 Å². The van der Waals surface area contributed by atoms with Crippen LogP contribution in [0.4, 0.5) is 0 Å². The number of rotatable bonds is 5. The first-order chi connectivity index (χ1) is 9.70. The fourth-order valence-electron chi connectivity index (χ4n) is 2.30. The fraction of sp³-hybridized carbons (Fsp3) is 0.467. The van der Waals surface area contributed by atoms with Crippen molar-refractivity contribution in [2.24, 2.45) is 0 Å². The van der Waals surface area contributed by atoms with Crippen molar-refractivity contribution in [1.29, 1.82) is 0 Å². The molecule has 1 aliphatic rings. The van der Waals surface area contributed by atoms with Crippen LogP contribution in [0.25, 0.3) is 0 Å². The number of hydrogen-bond acceptors (Lipinski definition) is 4. The van der Waals surface area contributed by atoms with E-state index in [1.54, 1.807) is 0 Å². The van der Waals surface area contributed by atoms with Crippen molar-refractivity contribution in [1.82, 2.24) is 10.2 Å². The predicted molar refractivity (Wildman–Crippen MR) is 74.9 cm³/mol. The number of morpholine rings is 1. The topological polar surface area (TPSA) is 58.6 Å². The Morgan fingerprint density at radius 1 is 1.40 bits per heavy atom. The lowest BCUT2D eigenvalue weighted by molar-refractivity contribution is -0.159. The minimum atomic E-state index is -0.454. The Morgan fingerprint density at radius 2 is 2.15 bits per heavy atom. The molecule has 0 spiro atoms. The molecule has 1 heterocycles. The average molecular weight is 276 g/mol. The van der Waals surface area contributed by atoms with Gasteiger partial charge in [0.25, 0.3) is 0 Å². The smallest absolute Gasteiger partial charge is 0.323 e. The van der Waals surface area contributed by atoms with Crippen LogP contribution in [-0.4, -0.2) is 42.5 Å². The zero-order valence-corrected chi connectivity index (χ0v) is 11.7. The van der Waals surface area contributed by atoms with Crippen LogP contribution in [0.1, 0.15) is 18.9 Å². The second-order valence-electron chi connectivity index (χ2n) is 4.78. The maximum atomic E-state index is 11.9. The SMILES string of the molecule is CCN1CCOC(=O)[C@H]1CC(=O)NCc1ccccc1. The molecule has 108 valence electrons. The number of nitrogens with zero attached hydrogens (tertiary/aromatic N) is 1. The summed E-state index contributed by atoms with van der Waals surface area (Å²) in [6, 6.07) is 9.24. The second kappa shape index (κ2) is 7.05. The number of hydrogen-bond donors (Lipinski definition) is 1. The molecule has 0 aliphatic carbocycles. The lowest BCUT2D eigenvalue weighted by Gasteiger charge is -2.32. The van der Waals surface area contributed by atoms with E-state index in [0.29, 0.717) is 19.7 Å². The third-order valence-electron chi connectivity index (χ3n) is 3.45. The quantitative estimate of drug-likeness (QED) is 0.813. The zero-order chi connectivity index (χ0) is 14.4. The van der Waals surface area contributed by atoms with Crippen molar-refractivity contribution in [3.8, 4) is 0 Å². The first-order valence-electron chi connectivity index (χ1n) is 6.92. The van der Waals surface area contributed by atoms with Gasteiger partial charge >= 0.3 is 5.97 Å². The Morgan fingerprint density at radius 3 is 2.85 bits per heavy atom. The number of amides is 1. The second-order valence-corrected chi connectivity index (χ2v) is 4.78. The van der Waals surface area contributed by atoms with E-state index in [1.165, 1.54) is 0 Å². The highest BCUT2D eigenvalue weighted by atomic mass is 16.5. The fourth-order valence-corrected chi connectivity index (χ4v) is 2.30. The molecule has 0 unspecified atom stereocenters. The van der Waals surface area contributed by atoms with Gasteiger partial charge in [0.15, 0.2) is 0 Å². The van der Waals surface area contributed by atoms with E-state index in [1.807, 2.05) is 42.2 Å². The third kappa shape index (κ3) is 3.81. The van der Waals surface area contributed by atoms with Gasteiger partial charge in [-0.15, -0.1) is 0 Å². The summed E-state index contributed by atoms with van der Waals surface area (Å²) in [5, 5.41) is 2.84. The molecule has 0 bridgehead atoms. The van der Waals surface area contributed by atoms with E-state index >= 15 is 0 Å². The molecule has 1 aromatic rings. The van der Waals surface area contributed by atoms with Crippen LogP contribution in [0, 0.1) is 0 Å². The Hall–Kier alpha value is -1.88. The van der Waals surface area contributed by atoms with Crippen molar-refractivity contribution in [3.05, 3.63) is 35.9 Å². The first-order valence-corrected chi connectivity index (χ1v) is 6.92. The van der Waals surface area contributed by atoms with E-state index in [2.05, 4.69) is 5.32 Å². The Kier molecular flexibility index (Phi) is 5.12. The summed E-state index contributed by atoms with van der Waals surface area (Å²) in [4.78, 5) is 25.7. The highest BCUT2D eigenvalue weighted by Gasteiger charge is 2.32. The third-order valence-corrected chi connectivity index (χ3v) is 3.45. The summed E-state index contributed by atoms with van der Waals surface area (Å²) in [5.74, 6) is -0.427. The van der Waals surface area contributed by atoms with Gasteiger partial charge in [0.2, 0.25) is 5.91 Å². The standard InChI is InChI=1S/C15H20N2O3/c1-2-17-8-9-20-15(19)13(17)10-14(18)16-11-12-6-4-3-5-7-12/h3-7,13H,2,8-11H2,1H3,(H,16,18)/t13-/m1/s1.